The second-order valence-corrected chi connectivity index (χ2v) is 5.52. The van der Waals surface area contributed by atoms with Crippen molar-refractivity contribution in [2.45, 2.75) is 0 Å². The fourth-order valence-corrected chi connectivity index (χ4v) is 2.28. The molecule has 3 N–H and O–H groups in total. The molecule has 0 fully saturated rings. The quantitative estimate of drug-likeness (QED) is 0.758. The monoisotopic (exact) mass is 376 g/mol. The summed E-state index contributed by atoms with van der Waals surface area (Å²) in [5.41, 5.74) is 5.65. The molecule has 0 bridgehead atoms. The highest BCUT2D eigenvalue weighted by molar-refractivity contribution is 9.10. The average Bonchev–Trinajstić information content (AvgIpc) is 2.40. The lowest BCUT2D eigenvalue weighted by molar-refractivity contribution is 0.510. The average molecular weight is 378 g/mol. The van der Waals surface area contributed by atoms with E-state index < -0.39 is 11.6 Å². The van der Waals surface area contributed by atoms with Gasteiger partial charge in [-0.3, -0.25) is 0 Å². The van der Waals surface area contributed by atoms with Crippen LogP contribution in [0.3, 0.4) is 0 Å². The predicted molar refractivity (Wildman–Crippen MR) is 84.7 cm³/mol. The van der Waals surface area contributed by atoms with E-state index in [2.05, 4.69) is 33.5 Å². The largest absolute Gasteiger partial charge is 0.389 e. The van der Waals surface area contributed by atoms with Gasteiger partial charge in [-0.2, -0.15) is 0 Å². The van der Waals surface area contributed by atoms with Crippen molar-refractivity contribution in [3.63, 3.8) is 0 Å². The van der Waals surface area contributed by atoms with E-state index in [1.54, 1.807) is 18.2 Å². The van der Waals surface area contributed by atoms with Crippen molar-refractivity contribution < 1.29 is 8.78 Å². The van der Waals surface area contributed by atoms with Gasteiger partial charge in [0, 0.05) is 5.56 Å². The molecule has 7 heteroatoms. The van der Waals surface area contributed by atoms with Crippen molar-refractivity contribution in [1.29, 1.82) is 0 Å². The van der Waals surface area contributed by atoms with E-state index >= 15 is 0 Å². The Morgan fingerprint density at radius 3 is 2.50 bits per heavy atom. The van der Waals surface area contributed by atoms with E-state index in [-0.39, 0.29) is 16.2 Å². The lowest BCUT2D eigenvalue weighted by Gasteiger charge is -2.12. The van der Waals surface area contributed by atoms with E-state index in [0.29, 0.717) is 15.2 Å². The Labute approximate surface area is 133 Å². The van der Waals surface area contributed by atoms with E-state index in [1.807, 2.05) is 0 Å². The van der Waals surface area contributed by atoms with Crippen molar-refractivity contribution in [2.24, 2.45) is 5.73 Å². The molecule has 0 heterocycles. The summed E-state index contributed by atoms with van der Waals surface area (Å²) < 4.78 is 28.3. The van der Waals surface area contributed by atoms with E-state index in [4.69, 9.17) is 17.3 Å². The van der Waals surface area contributed by atoms with Gasteiger partial charge in [0.2, 0.25) is 0 Å². The first kappa shape index (κ1) is 15.2. The highest BCUT2D eigenvalue weighted by atomic mass is 79.9. The van der Waals surface area contributed by atoms with Gasteiger partial charge < -0.3 is 11.1 Å². The molecule has 2 nitrogen and oxygen atoms in total. The van der Waals surface area contributed by atoms with E-state index in [1.165, 1.54) is 12.1 Å². The molecular weight excluding hydrogens is 370 g/mol. The first-order chi connectivity index (χ1) is 9.41. The molecular formula is C13H8BrClF2N2S. The normalized spacial score (nSPS) is 10.4. The summed E-state index contributed by atoms with van der Waals surface area (Å²) >= 11 is 13.8. The molecule has 0 unspecified atom stereocenters. The number of nitrogens with two attached hydrogens (primary N) is 1. The molecule has 20 heavy (non-hydrogen) atoms. The molecule has 0 aliphatic heterocycles. The number of hydrogen-bond acceptors (Lipinski definition) is 2. The molecule has 0 amide bonds. The lowest BCUT2D eigenvalue weighted by Crippen LogP contribution is -2.13. The Bertz CT molecular complexity index is 694. The molecule has 0 saturated carbocycles. The van der Waals surface area contributed by atoms with Crippen LogP contribution in [0, 0.1) is 11.6 Å². The Balaban J connectivity index is 2.42. The third-order valence-electron chi connectivity index (χ3n) is 2.57. The minimum Gasteiger partial charge on any atom is -0.389 e. The Hall–Kier alpha value is -1.24. The van der Waals surface area contributed by atoms with Gasteiger partial charge in [-0.25, -0.2) is 8.78 Å². The van der Waals surface area contributed by atoms with Gasteiger partial charge in [-0.1, -0.05) is 29.9 Å². The summed E-state index contributed by atoms with van der Waals surface area (Å²) in [7, 11) is 0. The van der Waals surface area contributed by atoms with Crippen LogP contribution in [0.1, 0.15) is 5.56 Å². The number of rotatable bonds is 3. The summed E-state index contributed by atoms with van der Waals surface area (Å²) in [4.78, 5) is -0.197. The van der Waals surface area contributed by atoms with Gasteiger partial charge in [-0.05, 0) is 40.2 Å². The maximum atomic E-state index is 13.9. The zero-order valence-electron chi connectivity index (χ0n) is 9.88. The van der Waals surface area contributed by atoms with Crippen LogP contribution in [-0.2, 0) is 0 Å². The number of nitrogens with one attached hydrogen (secondary N) is 1. The summed E-state index contributed by atoms with van der Waals surface area (Å²) in [5, 5.41) is 3.21. The molecule has 0 atom stereocenters. The van der Waals surface area contributed by atoms with Gasteiger partial charge in [-0.15, -0.1) is 0 Å². The van der Waals surface area contributed by atoms with Crippen LogP contribution < -0.4 is 11.1 Å². The zero-order valence-corrected chi connectivity index (χ0v) is 13.0. The molecule has 2 rings (SSSR count). The molecule has 0 aliphatic rings. The summed E-state index contributed by atoms with van der Waals surface area (Å²) in [5.74, 6) is -2.14. The zero-order chi connectivity index (χ0) is 14.9. The minimum atomic E-state index is -1.08. The number of halogens is 4. The SMILES string of the molecule is NC(=S)c1ccc(Nc2cccc(Cl)c2Br)c(F)c1F. The standard InChI is InChI=1S/C13H8BrClF2N2S/c14-10-7(15)2-1-3-8(10)19-9-5-4-6(13(18)20)11(16)12(9)17/h1-5,19H,(H2,18,20). The van der Waals surface area contributed by atoms with Crippen LogP contribution in [0.4, 0.5) is 20.2 Å². The van der Waals surface area contributed by atoms with Gasteiger partial charge in [0.05, 0.1) is 20.9 Å². The number of thiocarbonyl (C=S) groups is 1. The number of hydrogen-bond donors (Lipinski definition) is 2. The molecule has 0 aliphatic carbocycles. The van der Waals surface area contributed by atoms with Crippen molar-refractivity contribution in [2.75, 3.05) is 5.32 Å². The van der Waals surface area contributed by atoms with Crippen molar-refractivity contribution in [3.05, 3.63) is 57.0 Å². The van der Waals surface area contributed by atoms with Gasteiger partial charge >= 0.3 is 0 Å². The second-order valence-electron chi connectivity index (χ2n) is 3.88. The van der Waals surface area contributed by atoms with E-state index in [9.17, 15) is 8.78 Å². The molecule has 0 aromatic heterocycles. The van der Waals surface area contributed by atoms with Crippen LogP contribution in [0.5, 0.6) is 0 Å². The molecule has 104 valence electrons. The number of anilines is 2. The summed E-state index contributed by atoms with van der Waals surface area (Å²) in [6.07, 6.45) is 0. The van der Waals surface area contributed by atoms with Gasteiger partial charge in [0.25, 0.3) is 0 Å². The Morgan fingerprint density at radius 2 is 1.85 bits per heavy atom. The smallest absolute Gasteiger partial charge is 0.182 e. The minimum absolute atomic E-state index is 0.0366. The topological polar surface area (TPSA) is 38.0 Å². The number of benzene rings is 2. The van der Waals surface area contributed by atoms with E-state index in [0.717, 1.165) is 0 Å². The first-order valence-electron chi connectivity index (χ1n) is 5.40. The predicted octanol–water partition coefficient (Wildman–Crippen LogP) is 4.76. The molecule has 2 aromatic carbocycles. The summed E-state index contributed by atoms with van der Waals surface area (Å²) in [6, 6.07) is 7.72. The molecule has 0 saturated heterocycles. The fourth-order valence-electron chi connectivity index (χ4n) is 1.58. The second kappa shape index (κ2) is 6.03. The molecule has 0 spiro atoms. The summed E-state index contributed by atoms with van der Waals surface area (Å²) in [6.45, 7) is 0. The maximum absolute atomic E-state index is 13.9. The van der Waals surface area contributed by atoms with Crippen molar-refractivity contribution in [1.82, 2.24) is 0 Å². The maximum Gasteiger partial charge on any atom is 0.182 e. The lowest BCUT2D eigenvalue weighted by atomic mass is 10.1. The fraction of sp³-hybridized carbons (Fsp3) is 0. The third-order valence-corrected chi connectivity index (χ3v) is 4.19. The Kier molecular flexibility index (Phi) is 4.57. The Morgan fingerprint density at radius 1 is 1.15 bits per heavy atom. The van der Waals surface area contributed by atoms with Crippen molar-refractivity contribution in [3.8, 4) is 0 Å². The van der Waals surface area contributed by atoms with Crippen LogP contribution in [0.25, 0.3) is 0 Å². The highest BCUT2D eigenvalue weighted by Gasteiger charge is 2.16. The van der Waals surface area contributed by atoms with Crippen LogP contribution in [0.15, 0.2) is 34.8 Å². The van der Waals surface area contributed by atoms with Gasteiger partial charge in [0.15, 0.2) is 11.6 Å². The highest BCUT2D eigenvalue weighted by Crippen LogP contribution is 2.33. The third kappa shape index (κ3) is 2.92. The van der Waals surface area contributed by atoms with Crippen LogP contribution in [-0.4, -0.2) is 4.99 Å². The first-order valence-corrected chi connectivity index (χ1v) is 6.98. The van der Waals surface area contributed by atoms with Crippen molar-refractivity contribution >= 4 is 56.1 Å². The molecule has 0 radical (unpaired) electrons. The molecule has 2 aromatic rings. The van der Waals surface area contributed by atoms with Crippen LogP contribution in [0.2, 0.25) is 5.02 Å². The van der Waals surface area contributed by atoms with Crippen LogP contribution >= 0.6 is 39.7 Å². The van der Waals surface area contributed by atoms with Gasteiger partial charge in [0.1, 0.15) is 4.99 Å².